The smallest absolute Gasteiger partial charge is 0.243 e. The lowest BCUT2D eigenvalue weighted by molar-refractivity contribution is -0.126. The number of carbonyl (C=O) groups excluding carboxylic acids is 1. The average Bonchev–Trinajstić information content (AvgIpc) is 3.09. The molecule has 6 nitrogen and oxygen atoms in total. The standard InChI is InChI=1S/C22H29N5O/c1-14-5-3-4-6-19(14)21-24-26-27(25-21)13-20(28)23-15(2)22-10-16-7-17(11-22)9-18(8-16)12-22/h3-6,15-18H,7-13H2,1-2H3,(H,23,28)/t15-,16?,17?,18?,22?/m1/s1. The summed E-state index contributed by atoms with van der Waals surface area (Å²) in [6.07, 6.45) is 8.14. The van der Waals surface area contributed by atoms with Crippen LogP contribution in [0.1, 0.15) is 51.0 Å². The van der Waals surface area contributed by atoms with Gasteiger partial charge in [-0.3, -0.25) is 4.79 Å². The van der Waals surface area contributed by atoms with E-state index in [2.05, 4.69) is 27.7 Å². The second kappa shape index (κ2) is 6.68. The Morgan fingerprint density at radius 1 is 1.18 bits per heavy atom. The van der Waals surface area contributed by atoms with Crippen molar-refractivity contribution in [1.29, 1.82) is 0 Å². The molecule has 4 aliphatic carbocycles. The van der Waals surface area contributed by atoms with Crippen molar-refractivity contribution >= 4 is 5.91 Å². The molecule has 4 aliphatic rings. The van der Waals surface area contributed by atoms with Gasteiger partial charge in [0.1, 0.15) is 6.54 Å². The summed E-state index contributed by atoms with van der Waals surface area (Å²) < 4.78 is 0. The predicted molar refractivity (Wildman–Crippen MR) is 106 cm³/mol. The molecule has 6 heteroatoms. The van der Waals surface area contributed by atoms with E-state index in [1.165, 1.54) is 43.3 Å². The van der Waals surface area contributed by atoms with Gasteiger partial charge in [0.2, 0.25) is 11.7 Å². The summed E-state index contributed by atoms with van der Waals surface area (Å²) in [4.78, 5) is 14.1. The highest BCUT2D eigenvalue weighted by atomic mass is 16.2. The van der Waals surface area contributed by atoms with Gasteiger partial charge in [0.25, 0.3) is 0 Å². The zero-order chi connectivity index (χ0) is 19.3. The molecule has 28 heavy (non-hydrogen) atoms. The van der Waals surface area contributed by atoms with Crippen molar-refractivity contribution in [2.45, 2.75) is 65.0 Å². The quantitative estimate of drug-likeness (QED) is 0.864. The number of carbonyl (C=O) groups is 1. The number of hydrogen-bond donors (Lipinski definition) is 1. The molecule has 4 saturated carbocycles. The number of tetrazole rings is 1. The van der Waals surface area contributed by atoms with Crippen LogP contribution >= 0.6 is 0 Å². The van der Waals surface area contributed by atoms with Crippen molar-refractivity contribution in [3.63, 3.8) is 0 Å². The molecular weight excluding hydrogens is 350 g/mol. The molecule has 1 atom stereocenters. The highest BCUT2D eigenvalue weighted by Gasteiger charge is 2.53. The Kier molecular flexibility index (Phi) is 4.25. The van der Waals surface area contributed by atoms with Crippen LogP contribution in [0.15, 0.2) is 24.3 Å². The van der Waals surface area contributed by atoms with Crippen LogP contribution in [0.2, 0.25) is 0 Å². The molecule has 0 spiro atoms. The fraction of sp³-hybridized carbons (Fsp3) is 0.636. The number of amides is 1. The number of rotatable bonds is 5. The van der Waals surface area contributed by atoms with Crippen molar-refractivity contribution in [1.82, 2.24) is 25.5 Å². The van der Waals surface area contributed by atoms with E-state index in [0.717, 1.165) is 28.9 Å². The van der Waals surface area contributed by atoms with Crippen LogP contribution in [0.4, 0.5) is 0 Å². The average molecular weight is 380 g/mol. The minimum absolute atomic E-state index is 0.0167. The lowest BCUT2D eigenvalue weighted by Crippen LogP contribution is -2.56. The Morgan fingerprint density at radius 3 is 2.46 bits per heavy atom. The molecule has 4 bridgehead atoms. The molecule has 0 saturated heterocycles. The second-order valence-corrected chi connectivity index (χ2v) is 9.53. The molecule has 1 aromatic carbocycles. The van der Waals surface area contributed by atoms with Crippen LogP contribution in [0.5, 0.6) is 0 Å². The fourth-order valence-electron chi connectivity index (χ4n) is 6.52. The van der Waals surface area contributed by atoms with Crippen molar-refractivity contribution in [3.8, 4) is 11.4 Å². The molecule has 0 aliphatic heterocycles. The third-order valence-corrected chi connectivity index (χ3v) is 7.51. The molecule has 6 rings (SSSR count). The molecule has 0 radical (unpaired) electrons. The Morgan fingerprint density at radius 2 is 1.82 bits per heavy atom. The molecule has 148 valence electrons. The normalized spacial score (nSPS) is 31.7. The first-order chi connectivity index (χ1) is 13.5. The number of nitrogens with zero attached hydrogens (tertiary/aromatic N) is 4. The topological polar surface area (TPSA) is 72.7 Å². The van der Waals surface area contributed by atoms with E-state index in [-0.39, 0.29) is 18.5 Å². The Bertz CT molecular complexity index is 853. The summed E-state index contributed by atoms with van der Waals surface area (Å²) in [7, 11) is 0. The molecule has 1 amide bonds. The minimum Gasteiger partial charge on any atom is -0.351 e. The highest BCUT2D eigenvalue weighted by Crippen LogP contribution is 2.61. The predicted octanol–water partition coefficient (Wildman–Crippen LogP) is 3.37. The number of aromatic nitrogens is 4. The fourth-order valence-corrected chi connectivity index (χ4v) is 6.52. The first-order valence-electron chi connectivity index (χ1n) is 10.6. The van der Waals surface area contributed by atoms with Crippen molar-refractivity contribution in [2.24, 2.45) is 23.2 Å². The summed E-state index contributed by atoms with van der Waals surface area (Å²) >= 11 is 0. The third-order valence-electron chi connectivity index (χ3n) is 7.51. The maximum Gasteiger partial charge on any atom is 0.243 e. The monoisotopic (exact) mass is 379 g/mol. The van der Waals surface area contributed by atoms with Gasteiger partial charge >= 0.3 is 0 Å². The van der Waals surface area contributed by atoms with E-state index < -0.39 is 0 Å². The van der Waals surface area contributed by atoms with Gasteiger partial charge in [-0.05, 0) is 86.3 Å². The van der Waals surface area contributed by atoms with Crippen LogP contribution < -0.4 is 5.32 Å². The lowest BCUT2D eigenvalue weighted by atomic mass is 9.48. The van der Waals surface area contributed by atoms with Gasteiger partial charge < -0.3 is 5.32 Å². The van der Waals surface area contributed by atoms with E-state index in [9.17, 15) is 4.79 Å². The summed E-state index contributed by atoms with van der Waals surface area (Å²) in [6, 6.07) is 8.17. The van der Waals surface area contributed by atoms with Gasteiger partial charge in [-0.15, -0.1) is 10.2 Å². The summed E-state index contributed by atoms with van der Waals surface area (Å²) in [6.45, 7) is 4.35. The van der Waals surface area contributed by atoms with E-state index in [4.69, 9.17) is 0 Å². The van der Waals surface area contributed by atoms with E-state index in [1.54, 1.807) is 0 Å². The molecule has 2 aromatic rings. The van der Waals surface area contributed by atoms with Gasteiger partial charge in [-0.1, -0.05) is 24.3 Å². The molecular formula is C22H29N5O. The van der Waals surface area contributed by atoms with Crippen molar-refractivity contribution in [2.75, 3.05) is 0 Å². The number of nitrogens with one attached hydrogen (secondary N) is 1. The SMILES string of the molecule is Cc1ccccc1-c1nnn(CC(=O)N[C@H](C)C23CC4CC(CC(C4)C2)C3)n1. The Labute approximate surface area is 166 Å². The van der Waals surface area contributed by atoms with Crippen molar-refractivity contribution in [3.05, 3.63) is 29.8 Å². The number of hydrogen-bond acceptors (Lipinski definition) is 4. The van der Waals surface area contributed by atoms with Crippen LogP contribution in [0.3, 0.4) is 0 Å². The Balaban J connectivity index is 1.24. The first-order valence-corrected chi connectivity index (χ1v) is 10.6. The maximum absolute atomic E-state index is 12.7. The third kappa shape index (κ3) is 3.12. The molecule has 1 heterocycles. The van der Waals surface area contributed by atoms with Gasteiger partial charge in [0, 0.05) is 11.6 Å². The lowest BCUT2D eigenvalue weighted by Gasteiger charge is -2.59. The van der Waals surface area contributed by atoms with Crippen LogP contribution in [0, 0.1) is 30.1 Å². The van der Waals surface area contributed by atoms with E-state index in [0.29, 0.717) is 11.2 Å². The van der Waals surface area contributed by atoms with Crippen LogP contribution in [-0.2, 0) is 11.3 Å². The largest absolute Gasteiger partial charge is 0.351 e. The number of aryl methyl sites for hydroxylation is 1. The molecule has 0 unspecified atom stereocenters. The van der Waals surface area contributed by atoms with E-state index >= 15 is 0 Å². The van der Waals surface area contributed by atoms with Crippen LogP contribution in [0.25, 0.3) is 11.4 Å². The second-order valence-electron chi connectivity index (χ2n) is 9.53. The van der Waals surface area contributed by atoms with Crippen molar-refractivity contribution < 1.29 is 4.79 Å². The zero-order valence-electron chi connectivity index (χ0n) is 16.8. The summed E-state index contributed by atoms with van der Waals surface area (Å²) in [5.41, 5.74) is 2.37. The first kappa shape index (κ1) is 17.8. The molecule has 1 aromatic heterocycles. The molecule has 4 fully saturated rings. The Hall–Kier alpha value is -2.24. The number of benzene rings is 1. The molecule has 1 N–H and O–H groups in total. The van der Waals surface area contributed by atoms with Gasteiger partial charge in [0.15, 0.2) is 0 Å². The van der Waals surface area contributed by atoms with Gasteiger partial charge in [-0.2, -0.15) is 4.80 Å². The minimum atomic E-state index is -0.0167. The maximum atomic E-state index is 12.7. The van der Waals surface area contributed by atoms with Crippen LogP contribution in [-0.4, -0.2) is 32.2 Å². The van der Waals surface area contributed by atoms with E-state index in [1.807, 2.05) is 31.2 Å². The van der Waals surface area contributed by atoms with Gasteiger partial charge in [0.05, 0.1) is 0 Å². The summed E-state index contributed by atoms with van der Waals surface area (Å²) in [5.74, 6) is 3.22. The zero-order valence-corrected chi connectivity index (χ0v) is 16.8. The van der Waals surface area contributed by atoms with Gasteiger partial charge in [-0.25, -0.2) is 0 Å². The highest BCUT2D eigenvalue weighted by molar-refractivity contribution is 5.76. The summed E-state index contributed by atoms with van der Waals surface area (Å²) in [5, 5.41) is 15.9.